The van der Waals surface area contributed by atoms with Crippen LogP contribution in [-0.4, -0.2) is 51.1 Å². The molecule has 4 saturated carbocycles. The van der Waals surface area contributed by atoms with E-state index < -0.39 is 18.8 Å². The molecule has 0 spiro atoms. The highest BCUT2D eigenvalue weighted by Crippen LogP contribution is 2.67. The van der Waals surface area contributed by atoms with E-state index >= 15 is 0 Å². The molecular formula is C21H34O5. The van der Waals surface area contributed by atoms with Gasteiger partial charge in [-0.3, -0.25) is 4.79 Å². The van der Waals surface area contributed by atoms with E-state index in [2.05, 4.69) is 13.8 Å². The molecule has 0 aliphatic heterocycles. The highest BCUT2D eigenvalue weighted by molar-refractivity contribution is 5.83. The van der Waals surface area contributed by atoms with Crippen LogP contribution < -0.4 is 0 Å². The summed E-state index contributed by atoms with van der Waals surface area (Å²) in [4.78, 5) is 12.3. The molecule has 0 bridgehead atoms. The van der Waals surface area contributed by atoms with E-state index in [0.717, 1.165) is 25.7 Å². The van der Waals surface area contributed by atoms with Gasteiger partial charge in [0.15, 0.2) is 5.78 Å². The molecule has 0 amide bonds. The molecule has 4 aliphatic carbocycles. The zero-order valence-electron chi connectivity index (χ0n) is 16.0. The van der Waals surface area contributed by atoms with Crippen LogP contribution in [0.2, 0.25) is 0 Å². The molecule has 0 heterocycles. The fourth-order valence-electron chi connectivity index (χ4n) is 8.05. The molecule has 10 atom stereocenters. The molecule has 0 saturated heterocycles. The fourth-order valence-corrected chi connectivity index (χ4v) is 8.05. The molecule has 5 nitrogen and oxygen atoms in total. The second-order valence-corrected chi connectivity index (χ2v) is 10.2. The number of carbonyl (C=O) groups excluding carboxylic acids is 1. The number of ketones is 1. The highest BCUT2D eigenvalue weighted by Gasteiger charge is 2.65. The van der Waals surface area contributed by atoms with Crippen molar-refractivity contribution in [1.29, 1.82) is 0 Å². The molecule has 1 unspecified atom stereocenters. The number of fused-ring (bicyclic) bond motifs is 5. The number of rotatable bonds is 2. The van der Waals surface area contributed by atoms with Crippen molar-refractivity contribution in [1.82, 2.24) is 0 Å². The van der Waals surface area contributed by atoms with Crippen LogP contribution in [0, 0.1) is 40.4 Å². The molecule has 26 heavy (non-hydrogen) atoms. The summed E-state index contributed by atoms with van der Waals surface area (Å²) in [6, 6.07) is 0. The molecular weight excluding hydrogens is 332 g/mol. The van der Waals surface area contributed by atoms with E-state index in [1.165, 1.54) is 0 Å². The van der Waals surface area contributed by atoms with E-state index in [4.69, 9.17) is 0 Å². The van der Waals surface area contributed by atoms with Crippen LogP contribution in [-0.2, 0) is 4.79 Å². The summed E-state index contributed by atoms with van der Waals surface area (Å²) in [7, 11) is 0. The number of hydrogen-bond acceptors (Lipinski definition) is 5. The van der Waals surface area contributed by atoms with E-state index in [0.29, 0.717) is 25.2 Å². The summed E-state index contributed by atoms with van der Waals surface area (Å²) in [5.41, 5.74) is -0.432. The van der Waals surface area contributed by atoms with Gasteiger partial charge in [-0.15, -0.1) is 0 Å². The van der Waals surface area contributed by atoms with Gasteiger partial charge in [0, 0.05) is 5.92 Å². The fraction of sp³-hybridized carbons (Fsp3) is 0.952. The lowest BCUT2D eigenvalue weighted by atomic mass is 9.43. The van der Waals surface area contributed by atoms with Crippen LogP contribution in [0.15, 0.2) is 0 Å². The lowest BCUT2D eigenvalue weighted by molar-refractivity contribution is -0.207. The van der Waals surface area contributed by atoms with E-state index in [1.54, 1.807) is 0 Å². The smallest absolute Gasteiger partial charge is 0.161 e. The molecule has 4 aliphatic rings. The third-order valence-corrected chi connectivity index (χ3v) is 9.12. The van der Waals surface area contributed by atoms with Crippen molar-refractivity contribution in [3.8, 4) is 0 Å². The second-order valence-electron chi connectivity index (χ2n) is 10.2. The van der Waals surface area contributed by atoms with E-state index in [9.17, 15) is 25.2 Å². The van der Waals surface area contributed by atoms with Gasteiger partial charge in [-0.25, -0.2) is 0 Å². The van der Waals surface area contributed by atoms with Crippen LogP contribution in [0.1, 0.15) is 58.8 Å². The molecule has 0 aromatic heterocycles. The Labute approximate surface area is 155 Å². The number of Topliss-reactive ketones (excluding diaryl/α,β-unsaturated/α-hetero) is 1. The Balaban J connectivity index is 1.69. The molecule has 4 fully saturated rings. The Bertz CT molecular complexity index is 579. The van der Waals surface area contributed by atoms with Gasteiger partial charge in [-0.2, -0.15) is 0 Å². The lowest BCUT2D eigenvalue weighted by Gasteiger charge is -2.63. The first-order valence-corrected chi connectivity index (χ1v) is 10.4. The van der Waals surface area contributed by atoms with Gasteiger partial charge in [-0.1, -0.05) is 13.8 Å². The topological polar surface area (TPSA) is 98.0 Å². The third kappa shape index (κ3) is 2.47. The minimum Gasteiger partial charge on any atom is -0.393 e. The molecule has 148 valence electrons. The van der Waals surface area contributed by atoms with Crippen molar-refractivity contribution in [2.24, 2.45) is 40.4 Å². The van der Waals surface area contributed by atoms with Crippen LogP contribution in [0.25, 0.3) is 0 Å². The number of aliphatic hydroxyl groups is 4. The minimum absolute atomic E-state index is 0.0442. The maximum atomic E-state index is 12.3. The predicted octanol–water partition coefficient (Wildman–Crippen LogP) is 1.51. The molecule has 0 radical (unpaired) electrons. The van der Waals surface area contributed by atoms with Gasteiger partial charge in [0.1, 0.15) is 6.61 Å². The first-order valence-electron chi connectivity index (χ1n) is 10.4. The van der Waals surface area contributed by atoms with Crippen molar-refractivity contribution in [2.75, 3.05) is 6.61 Å². The summed E-state index contributed by atoms with van der Waals surface area (Å²) in [5.74, 6) is 0.431. The van der Waals surface area contributed by atoms with Gasteiger partial charge in [0.05, 0.1) is 18.3 Å². The summed E-state index contributed by atoms with van der Waals surface area (Å²) in [6.07, 6.45) is 3.93. The number of hydrogen-bond donors (Lipinski definition) is 4. The molecule has 4 rings (SSSR count). The van der Waals surface area contributed by atoms with Crippen LogP contribution in [0.4, 0.5) is 0 Å². The van der Waals surface area contributed by atoms with Gasteiger partial charge < -0.3 is 20.4 Å². The van der Waals surface area contributed by atoms with Gasteiger partial charge in [0.2, 0.25) is 0 Å². The number of aliphatic hydroxyl groups excluding tert-OH is 4. The first-order chi connectivity index (χ1) is 12.2. The second kappa shape index (κ2) is 6.26. The van der Waals surface area contributed by atoms with Crippen molar-refractivity contribution >= 4 is 5.78 Å². The first kappa shape index (κ1) is 18.9. The SMILES string of the molecule is C[C@]12C[C@H](O)[C@H]3[C@@H](C[C@H](O)C4C[C@H](O)CC[C@@]43C)[C@@H]1CC[C@@H]2C(=O)CO. The van der Waals surface area contributed by atoms with Crippen LogP contribution >= 0.6 is 0 Å². The Kier molecular flexibility index (Phi) is 4.54. The average molecular weight is 366 g/mol. The lowest BCUT2D eigenvalue weighted by Crippen LogP contribution is -2.62. The maximum Gasteiger partial charge on any atom is 0.161 e. The van der Waals surface area contributed by atoms with Gasteiger partial charge in [-0.05, 0) is 79.4 Å². The quantitative estimate of drug-likeness (QED) is 0.594. The maximum absolute atomic E-state index is 12.3. The minimum atomic E-state index is -0.483. The Morgan fingerprint density at radius 2 is 1.69 bits per heavy atom. The van der Waals surface area contributed by atoms with Crippen LogP contribution in [0.5, 0.6) is 0 Å². The Hall–Kier alpha value is -0.490. The predicted molar refractivity (Wildman–Crippen MR) is 96.1 cm³/mol. The van der Waals surface area contributed by atoms with Crippen molar-refractivity contribution < 1.29 is 25.2 Å². The summed E-state index contributed by atoms with van der Waals surface area (Å²) in [5, 5.41) is 41.7. The highest BCUT2D eigenvalue weighted by atomic mass is 16.3. The van der Waals surface area contributed by atoms with E-state index in [-0.39, 0.29) is 46.4 Å². The standard InChI is InChI=1S/C21H34O5/c1-20-6-5-11(23)7-15(20)16(24)8-12-13-3-4-14(18(26)10-22)21(13,2)9-17(25)19(12)20/h11-17,19,22-25H,3-10H2,1-2H3/t11-,12+,13+,14-,15?,16+,17+,19-,20+,21+/m1/s1. The van der Waals surface area contributed by atoms with Crippen molar-refractivity contribution in [3.63, 3.8) is 0 Å². The monoisotopic (exact) mass is 366 g/mol. The normalized spacial score (nSPS) is 56.4. The largest absolute Gasteiger partial charge is 0.393 e. The summed E-state index contributed by atoms with van der Waals surface area (Å²) in [6.45, 7) is 3.91. The summed E-state index contributed by atoms with van der Waals surface area (Å²) < 4.78 is 0. The molecule has 0 aromatic rings. The van der Waals surface area contributed by atoms with Gasteiger partial charge >= 0.3 is 0 Å². The van der Waals surface area contributed by atoms with E-state index in [1.807, 2.05) is 0 Å². The molecule has 5 heteroatoms. The molecule has 4 N–H and O–H groups in total. The van der Waals surface area contributed by atoms with Gasteiger partial charge in [0.25, 0.3) is 0 Å². The Morgan fingerprint density at radius 1 is 0.962 bits per heavy atom. The Morgan fingerprint density at radius 3 is 2.38 bits per heavy atom. The average Bonchev–Trinajstić information content (AvgIpc) is 2.92. The zero-order chi connectivity index (χ0) is 18.9. The van der Waals surface area contributed by atoms with Crippen molar-refractivity contribution in [3.05, 3.63) is 0 Å². The van der Waals surface area contributed by atoms with Crippen molar-refractivity contribution in [2.45, 2.75) is 77.1 Å². The molecule has 0 aromatic carbocycles. The zero-order valence-corrected chi connectivity index (χ0v) is 16.0. The van der Waals surface area contributed by atoms with Crippen LogP contribution in [0.3, 0.4) is 0 Å². The third-order valence-electron chi connectivity index (χ3n) is 9.12. The summed E-state index contributed by atoms with van der Waals surface area (Å²) >= 11 is 0. The number of carbonyl (C=O) groups is 1.